The average Bonchev–Trinajstić information content (AvgIpc) is 2.50. The van der Waals surface area contributed by atoms with Gasteiger partial charge < -0.3 is 0 Å². The SMILES string of the molecule is C=C(C)CC1=C(C(=O)SC)CCC1. The van der Waals surface area contributed by atoms with Crippen LogP contribution in [0.5, 0.6) is 0 Å². The summed E-state index contributed by atoms with van der Waals surface area (Å²) in [6, 6.07) is 0. The third kappa shape index (κ3) is 2.73. The highest BCUT2D eigenvalue weighted by molar-refractivity contribution is 8.13. The third-order valence-electron chi connectivity index (χ3n) is 2.28. The van der Waals surface area contributed by atoms with Gasteiger partial charge in [0.05, 0.1) is 0 Å². The van der Waals surface area contributed by atoms with Gasteiger partial charge >= 0.3 is 0 Å². The topological polar surface area (TPSA) is 17.1 Å². The smallest absolute Gasteiger partial charge is 0.215 e. The number of allylic oxidation sites excluding steroid dienone is 2. The summed E-state index contributed by atoms with van der Waals surface area (Å²) in [6.07, 6.45) is 5.98. The zero-order chi connectivity index (χ0) is 9.84. The Morgan fingerprint density at radius 3 is 2.77 bits per heavy atom. The summed E-state index contributed by atoms with van der Waals surface area (Å²) in [5, 5.41) is 0.258. The van der Waals surface area contributed by atoms with Crippen molar-refractivity contribution in [2.24, 2.45) is 0 Å². The van der Waals surface area contributed by atoms with E-state index >= 15 is 0 Å². The van der Waals surface area contributed by atoms with Gasteiger partial charge in [-0.2, -0.15) is 0 Å². The van der Waals surface area contributed by atoms with E-state index in [1.807, 2.05) is 13.2 Å². The molecule has 0 amide bonds. The van der Waals surface area contributed by atoms with E-state index < -0.39 is 0 Å². The molecule has 0 aromatic carbocycles. The largest absolute Gasteiger partial charge is 0.282 e. The van der Waals surface area contributed by atoms with Crippen LogP contribution in [-0.2, 0) is 4.79 Å². The van der Waals surface area contributed by atoms with E-state index in [0.717, 1.165) is 36.8 Å². The molecule has 0 heterocycles. The Kier molecular flexibility index (Phi) is 3.79. The molecule has 72 valence electrons. The van der Waals surface area contributed by atoms with Crippen LogP contribution in [0.4, 0.5) is 0 Å². The van der Waals surface area contributed by atoms with E-state index in [1.165, 1.54) is 17.3 Å². The van der Waals surface area contributed by atoms with Gasteiger partial charge in [-0.3, -0.25) is 4.79 Å². The lowest BCUT2D eigenvalue weighted by molar-refractivity contribution is -0.108. The number of hydrogen-bond acceptors (Lipinski definition) is 2. The Morgan fingerprint density at radius 2 is 2.23 bits per heavy atom. The van der Waals surface area contributed by atoms with Crippen LogP contribution in [0.2, 0.25) is 0 Å². The predicted octanol–water partition coefficient (Wildman–Crippen LogP) is 3.32. The Bertz CT molecular complexity index is 263. The summed E-state index contributed by atoms with van der Waals surface area (Å²) < 4.78 is 0. The maximum Gasteiger partial charge on any atom is 0.215 e. The number of hydrogen-bond donors (Lipinski definition) is 0. The molecule has 0 aromatic rings. The number of carbonyl (C=O) groups is 1. The molecule has 0 atom stereocenters. The minimum atomic E-state index is 0.258. The fourth-order valence-corrected chi connectivity index (χ4v) is 2.23. The predicted molar refractivity (Wildman–Crippen MR) is 58.8 cm³/mol. The summed E-state index contributed by atoms with van der Waals surface area (Å²) in [4.78, 5) is 11.5. The number of rotatable bonds is 3. The van der Waals surface area contributed by atoms with Crippen molar-refractivity contribution in [3.05, 3.63) is 23.3 Å². The quantitative estimate of drug-likeness (QED) is 0.644. The molecule has 1 nitrogen and oxygen atoms in total. The molecule has 0 saturated carbocycles. The van der Waals surface area contributed by atoms with Crippen LogP contribution in [-0.4, -0.2) is 11.4 Å². The van der Waals surface area contributed by atoms with E-state index in [-0.39, 0.29) is 5.12 Å². The number of carbonyl (C=O) groups excluding carboxylic acids is 1. The first-order chi connectivity index (χ1) is 6.15. The summed E-state index contributed by atoms with van der Waals surface area (Å²) in [6.45, 7) is 5.91. The molecular weight excluding hydrogens is 180 g/mol. The minimum Gasteiger partial charge on any atom is -0.282 e. The van der Waals surface area contributed by atoms with E-state index in [2.05, 4.69) is 6.58 Å². The fraction of sp³-hybridized carbons (Fsp3) is 0.545. The van der Waals surface area contributed by atoms with Crippen molar-refractivity contribution in [2.45, 2.75) is 32.6 Å². The molecule has 0 unspecified atom stereocenters. The average molecular weight is 196 g/mol. The van der Waals surface area contributed by atoms with Crippen molar-refractivity contribution in [1.82, 2.24) is 0 Å². The molecule has 0 aromatic heterocycles. The second-order valence-corrected chi connectivity index (χ2v) is 4.34. The maximum absolute atomic E-state index is 11.5. The van der Waals surface area contributed by atoms with Crippen LogP contribution in [0, 0.1) is 0 Å². The van der Waals surface area contributed by atoms with Crippen molar-refractivity contribution in [3.63, 3.8) is 0 Å². The zero-order valence-electron chi connectivity index (χ0n) is 8.35. The van der Waals surface area contributed by atoms with Crippen LogP contribution in [0.25, 0.3) is 0 Å². The lowest BCUT2D eigenvalue weighted by Crippen LogP contribution is -1.96. The molecule has 0 saturated heterocycles. The molecule has 1 aliphatic rings. The molecule has 0 spiro atoms. The Balaban J connectivity index is 2.76. The molecular formula is C11H16OS. The van der Waals surface area contributed by atoms with Crippen LogP contribution in [0.3, 0.4) is 0 Å². The second kappa shape index (κ2) is 4.66. The van der Waals surface area contributed by atoms with E-state index in [4.69, 9.17) is 0 Å². The minimum absolute atomic E-state index is 0.258. The van der Waals surface area contributed by atoms with Crippen molar-refractivity contribution in [2.75, 3.05) is 6.26 Å². The molecule has 0 radical (unpaired) electrons. The van der Waals surface area contributed by atoms with E-state index in [0.29, 0.717) is 0 Å². The van der Waals surface area contributed by atoms with Crippen molar-refractivity contribution < 1.29 is 4.79 Å². The summed E-state index contributed by atoms with van der Waals surface area (Å²) in [7, 11) is 0. The molecule has 0 fully saturated rings. The van der Waals surface area contributed by atoms with Gasteiger partial charge in [0.1, 0.15) is 0 Å². The lowest BCUT2D eigenvalue weighted by Gasteiger charge is -2.04. The van der Waals surface area contributed by atoms with Crippen LogP contribution in [0.1, 0.15) is 32.6 Å². The first-order valence-electron chi connectivity index (χ1n) is 4.58. The Hall–Kier alpha value is -0.500. The highest BCUT2D eigenvalue weighted by Gasteiger charge is 2.19. The van der Waals surface area contributed by atoms with E-state index in [1.54, 1.807) is 0 Å². The monoisotopic (exact) mass is 196 g/mol. The molecule has 0 aliphatic heterocycles. The normalized spacial score (nSPS) is 16.5. The molecule has 2 heteroatoms. The first-order valence-corrected chi connectivity index (χ1v) is 5.81. The Labute approximate surface area is 84.3 Å². The highest BCUT2D eigenvalue weighted by Crippen LogP contribution is 2.32. The zero-order valence-corrected chi connectivity index (χ0v) is 9.17. The highest BCUT2D eigenvalue weighted by atomic mass is 32.2. The lowest BCUT2D eigenvalue weighted by atomic mass is 10.0. The van der Waals surface area contributed by atoms with Gasteiger partial charge in [0.25, 0.3) is 0 Å². The molecule has 0 bridgehead atoms. The van der Waals surface area contributed by atoms with Gasteiger partial charge in [-0.15, -0.1) is 0 Å². The van der Waals surface area contributed by atoms with Gasteiger partial charge in [0.2, 0.25) is 5.12 Å². The van der Waals surface area contributed by atoms with E-state index in [9.17, 15) is 4.79 Å². The first kappa shape index (κ1) is 10.6. The summed E-state index contributed by atoms with van der Waals surface area (Å²) in [5.74, 6) is 0. The fourth-order valence-electron chi connectivity index (χ4n) is 1.74. The second-order valence-electron chi connectivity index (χ2n) is 3.56. The van der Waals surface area contributed by atoms with Gasteiger partial charge in [0.15, 0.2) is 0 Å². The van der Waals surface area contributed by atoms with Crippen LogP contribution < -0.4 is 0 Å². The van der Waals surface area contributed by atoms with Crippen molar-refractivity contribution in [1.29, 1.82) is 0 Å². The molecule has 1 rings (SSSR count). The maximum atomic E-state index is 11.5. The van der Waals surface area contributed by atoms with Gasteiger partial charge in [-0.25, -0.2) is 0 Å². The summed E-state index contributed by atoms with van der Waals surface area (Å²) in [5.41, 5.74) is 3.55. The number of thioether (sulfide) groups is 1. The van der Waals surface area contributed by atoms with Gasteiger partial charge in [0, 0.05) is 5.57 Å². The summed E-state index contributed by atoms with van der Waals surface area (Å²) >= 11 is 1.33. The molecule has 0 N–H and O–H groups in total. The van der Waals surface area contributed by atoms with Crippen LogP contribution >= 0.6 is 11.8 Å². The molecule has 1 aliphatic carbocycles. The van der Waals surface area contributed by atoms with Crippen molar-refractivity contribution >= 4 is 16.9 Å². The Morgan fingerprint density at radius 1 is 1.54 bits per heavy atom. The van der Waals surface area contributed by atoms with Crippen LogP contribution in [0.15, 0.2) is 23.3 Å². The van der Waals surface area contributed by atoms with Gasteiger partial charge in [-0.05, 0) is 38.9 Å². The van der Waals surface area contributed by atoms with Crippen molar-refractivity contribution in [3.8, 4) is 0 Å². The molecule has 13 heavy (non-hydrogen) atoms. The standard InChI is InChI=1S/C11H16OS/c1-8(2)7-9-5-4-6-10(9)11(12)13-3/h1,4-7H2,2-3H3. The van der Waals surface area contributed by atoms with Gasteiger partial charge in [-0.1, -0.05) is 29.5 Å². The third-order valence-corrected chi connectivity index (χ3v) is 2.90.